The quantitative estimate of drug-likeness (QED) is 0.918. The monoisotopic (exact) mass is 267 g/mol. The molecule has 17 heavy (non-hydrogen) atoms. The molecule has 0 aromatic carbocycles. The molecule has 0 saturated carbocycles. The number of nitrogens with zero attached hydrogens (tertiary/aromatic N) is 2. The normalized spacial score (nSPS) is 11.8. The molecule has 1 N–H and O–H groups in total. The van der Waals surface area contributed by atoms with Crippen LogP contribution < -0.4 is 5.32 Å². The molecule has 0 saturated heterocycles. The summed E-state index contributed by atoms with van der Waals surface area (Å²) in [7, 11) is 0. The first-order valence-electron chi connectivity index (χ1n) is 5.56. The summed E-state index contributed by atoms with van der Waals surface area (Å²) in [5.41, 5.74) is 0.188. The lowest BCUT2D eigenvalue weighted by molar-refractivity contribution is 0.602. The van der Waals surface area contributed by atoms with Crippen LogP contribution in [0.15, 0.2) is 12.4 Å². The van der Waals surface area contributed by atoms with Crippen molar-refractivity contribution in [3.8, 4) is 0 Å². The fourth-order valence-electron chi connectivity index (χ4n) is 1.33. The average Bonchev–Trinajstić information content (AvgIpc) is 2.82. The van der Waals surface area contributed by atoms with Crippen LogP contribution in [0.4, 0.5) is 5.13 Å². The molecule has 0 bridgehead atoms. The first-order chi connectivity index (χ1) is 7.95. The van der Waals surface area contributed by atoms with E-state index < -0.39 is 0 Å². The molecule has 2 heterocycles. The van der Waals surface area contributed by atoms with E-state index in [1.165, 1.54) is 9.75 Å². The molecule has 5 heteroatoms. The van der Waals surface area contributed by atoms with Gasteiger partial charge in [0, 0.05) is 22.1 Å². The highest BCUT2D eigenvalue weighted by molar-refractivity contribution is 7.15. The number of nitrogens with one attached hydrogen (secondary N) is 1. The Morgan fingerprint density at radius 1 is 1.18 bits per heavy atom. The Bertz CT molecular complexity index is 494. The summed E-state index contributed by atoms with van der Waals surface area (Å²) in [6.45, 7) is 9.45. The van der Waals surface area contributed by atoms with Crippen LogP contribution in [0.3, 0.4) is 0 Å². The summed E-state index contributed by atoms with van der Waals surface area (Å²) in [5.74, 6) is 0. The smallest absolute Gasteiger partial charge is 0.183 e. The van der Waals surface area contributed by atoms with Crippen LogP contribution in [-0.4, -0.2) is 9.97 Å². The summed E-state index contributed by atoms with van der Waals surface area (Å²) < 4.78 is 0. The second-order valence-corrected chi connectivity index (χ2v) is 7.35. The van der Waals surface area contributed by atoms with Gasteiger partial charge in [0.2, 0.25) is 0 Å². The Morgan fingerprint density at radius 2 is 1.94 bits per heavy atom. The minimum absolute atomic E-state index is 0.188. The lowest BCUT2D eigenvalue weighted by Gasteiger charge is -2.14. The molecular weight excluding hydrogens is 250 g/mol. The molecule has 0 radical (unpaired) electrons. The molecule has 0 unspecified atom stereocenters. The Morgan fingerprint density at radius 3 is 2.47 bits per heavy atom. The van der Waals surface area contributed by atoms with Crippen molar-refractivity contribution in [1.29, 1.82) is 0 Å². The predicted molar refractivity (Wildman–Crippen MR) is 75.0 cm³/mol. The van der Waals surface area contributed by atoms with Crippen molar-refractivity contribution < 1.29 is 0 Å². The van der Waals surface area contributed by atoms with Gasteiger partial charge in [0.15, 0.2) is 5.13 Å². The van der Waals surface area contributed by atoms with Crippen LogP contribution in [0.5, 0.6) is 0 Å². The third-order valence-corrected chi connectivity index (χ3v) is 4.60. The number of thiazole rings is 2. The molecule has 0 aliphatic heterocycles. The highest BCUT2D eigenvalue weighted by Gasteiger charge is 2.16. The molecule has 0 amide bonds. The van der Waals surface area contributed by atoms with Gasteiger partial charge in [-0.15, -0.1) is 22.7 Å². The fourth-order valence-corrected chi connectivity index (χ4v) is 2.90. The fraction of sp³-hybridized carbons (Fsp3) is 0.500. The highest BCUT2D eigenvalue weighted by Crippen LogP contribution is 2.28. The van der Waals surface area contributed by atoms with E-state index in [9.17, 15) is 0 Å². The Labute approximate surface area is 110 Å². The van der Waals surface area contributed by atoms with Gasteiger partial charge in [-0.2, -0.15) is 0 Å². The van der Waals surface area contributed by atoms with E-state index >= 15 is 0 Å². The van der Waals surface area contributed by atoms with E-state index in [1.54, 1.807) is 22.7 Å². The van der Waals surface area contributed by atoms with Crippen molar-refractivity contribution in [2.24, 2.45) is 0 Å². The SMILES string of the molecule is Cc1cnc(NCc2ncc(C(C)(C)C)s2)s1. The first kappa shape index (κ1) is 12.5. The topological polar surface area (TPSA) is 37.8 Å². The Kier molecular flexibility index (Phi) is 3.49. The molecule has 3 nitrogen and oxygen atoms in total. The molecule has 0 atom stereocenters. The zero-order valence-corrected chi connectivity index (χ0v) is 12.2. The number of aromatic nitrogens is 2. The van der Waals surface area contributed by atoms with Crippen molar-refractivity contribution >= 4 is 27.8 Å². The van der Waals surface area contributed by atoms with Gasteiger partial charge in [0.05, 0.1) is 6.54 Å². The zero-order chi connectivity index (χ0) is 12.5. The highest BCUT2D eigenvalue weighted by atomic mass is 32.1. The van der Waals surface area contributed by atoms with Gasteiger partial charge >= 0.3 is 0 Å². The zero-order valence-electron chi connectivity index (χ0n) is 10.6. The number of aryl methyl sites for hydroxylation is 1. The van der Waals surface area contributed by atoms with Gasteiger partial charge in [-0.25, -0.2) is 9.97 Å². The van der Waals surface area contributed by atoms with Gasteiger partial charge in [-0.05, 0) is 12.3 Å². The van der Waals surface area contributed by atoms with Crippen molar-refractivity contribution in [1.82, 2.24) is 9.97 Å². The Balaban J connectivity index is 1.98. The van der Waals surface area contributed by atoms with Gasteiger partial charge in [0.1, 0.15) is 5.01 Å². The summed E-state index contributed by atoms with van der Waals surface area (Å²) in [4.78, 5) is 11.3. The second kappa shape index (κ2) is 4.74. The minimum Gasteiger partial charge on any atom is -0.355 e. The Hall–Kier alpha value is -0.940. The van der Waals surface area contributed by atoms with Crippen molar-refractivity contribution in [3.05, 3.63) is 27.2 Å². The van der Waals surface area contributed by atoms with E-state index in [-0.39, 0.29) is 5.41 Å². The third-order valence-electron chi connectivity index (χ3n) is 2.30. The van der Waals surface area contributed by atoms with E-state index in [2.05, 4.69) is 43.0 Å². The minimum atomic E-state index is 0.188. The summed E-state index contributed by atoms with van der Waals surface area (Å²) in [6.07, 6.45) is 3.87. The second-order valence-electron chi connectivity index (χ2n) is 5.00. The molecule has 0 aliphatic rings. The standard InChI is InChI=1S/C12H17N3S2/c1-8-5-14-11(16-8)15-7-10-13-6-9(17-10)12(2,3)4/h5-6H,7H2,1-4H3,(H,14,15). The molecule has 92 valence electrons. The average molecular weight is 267 g/mol. The molecular formula is C12H17N3S2. The van der Waals surface area contributed by atoms with Gasteiger partial charge in [-0.3, -0.25) is 0 Å². The maximum absolute atomic E-state index is 4.44. The van der Waals surface area contributed by atoms with Crippen molar-refractivity contribution in [2.75, 3.05) is 5.32 Å². The van der Waals surface area contributed by atoms with Crippen molar-refractivity contribution in [3.63, 3.8) is 0 Å². The maximum Gasteiger partial charge on any atom is 0.183 e. The molecule has 0 fully saturated rings. The largest absolute Gasteiger partial charge is 0.355 e. The van der Waals surface area contributed by atoms with Crippen LogP contribution in [0.1, 0.15) is 35.5 Å². The summed E-state index contributed by atoms with van der Waals surface area (Å²) in [6, 6.07) is 0. The first-order valence-corrected chi connectivity index (χ1v) is 7.20. The lowest BCUT2D eigenvalue weighted by Crippen LogP contribution is -2.07. The van der Waals surface area contributed by atoms with Crippen LogP contribution in [0.25, 0.3) is 0 Å². The molecule has 2 aromatic rings. The number of anilines is 1. The molecule has 2 aromatic heterocycles. The van der Waals surface area contributed by atoms with Gasteiger partial charge in [-0.1, -0.05) is 20.8 Å². The van der Waals surface area contributed by atoms with Crippen LogP contribution in [0.2, 0.25) is 0 Å². The molecule has 0 aliphatic carbocycles. The van der Waals surface area contributed by atoms with E-state index in [0.29, 0.717) is 0 Å². The summed E-state index contributed by atoms with van der Waals surface area (Å²) in [5, 5.41) is 5.38. The van der Waals surface area contributed by atoms with Gasteiger partial charge in [0.25, 0.3) is 0 Å². The predicted octanol–water partition coefficient (Wildman–Crippen LogP) is 3.82. The van der Waals surface area contributed by atoms with Crippen molar-refractivity contribution in [2.45, 2.75) is 39.7 Å². The number of hydrogen-bond donors (Lipinski definition) is 1. The summed E-state index contributed by atoms with van der Waals surface area (Å²) >= 11 is 3.44. The third kappa shape index (κ3) is 3.26. The lowest BCUT2D eigenvalue weighted by atomic mass is 9.96. The molecule has 0 spiro atoms. The molecule has 2 rings (SSSR count). The van der Waals surface area contributed by atoms with Crippen LogP contribution >= 0.6 is 22.7 Å². The van der Waals surface area contributed by atoms with Crippen LogP contribution in [-0.2, 0) is 12.0 Å². The van der Waals surface area contributed by atoms with E-state index in [0.717, 1.165) is 16.7 Å². The maximum atomic E-state index is 4.44. The number of hydrogen-bond acceptors (Lipinski definition) is 5. The van der Waals surface area contributed by atoms with E-state index in [1.807, 2.05) is 12.4 Å². The van der Waals surface area contributed by atoms with Crippen LogP contribution in [0, 0.1) is 6.92 Å². The van der Waals surface area contributed by atoms with Gasteiger partial charge < -0.3 is 5.32 Å². The number of rotatable bonds is 3. The van der Waals surface area contributed by atoms with E-state index in [4.69, 9.17) is 0 Å².